The Bertz CT molecular complexity index is 606. The zero-order chi connectivity index (χ0) is 18.5. The minimum atomic E-state index is 0.241. The monoisotopic (exact) mass is 356 g/mol. The van der Waals surface area contributed by atoms with Crippen LogP contribution in [0.3, 0.4) is 0 Å². The number of fused-ring (bicyclic) bond motifs is 1. The molecule has 1 amide bonds. The van der Waals surface area contributed by atoms with Crippen LogP contribution in [0.25, 0.3) is 0 Å². The fourth-order valence-electron chi connectivity index (χ4n) is 4.89. The predicted molar refractivity (Wildman–Crippen MR) is 109 cm³/mol. The van der Waals surface area contributed by atoms with Crippen molar-refractivity contribution in [2.24, 2.45) is 11.7 Å². The fourth-order valence-corrected chi connectivity index (χ4v) is 4.89. The zero-order valence-corrected chi connectivity index (χ0v) is 16.7. The van der Waals surface area contributed by atoms with Gasteiger partial charge in [-0.2, -0.15) is 0 Å². The molecule has 26 heavy (non-hydrogen) atoms. The minimum Gasteiger partial charge on any atom is -0.327 e. The van der Waals surface area contributed by atoms with E-state index in [0.717, 1.165) is 43.7 Å². The standard InChI is InChI=1S/C23H36N2O/c1-3-7-21(24)16-19-10-12-22-20(15-19)14-17(2)25(22)23(26)13-11-18-8-5-4-6-9-18/h10,12,15,17-18,21H,3-9,11,13-14,16,24H2,1-2H3. The van der Waals surface area contributed by atoms with Gasteiger partial charge in [-0.1, -0.05) is 57.6 Å². The fraction of sp³-hybridized carbons (Fsp3) is 0.696. The van der Waals surface area contributed by atoms with Gasteiger partial charge in [-0.15, -0.1) is 0 Å². The van der Waals surface area contributed by atoms with Gasteiger partial charge in [0.05, 0.1) is 0 Å². The summed E-state index contributed by atoms with van der Waals surface area (Å²) in [7, 11) is 0. The lowest BCUT2D eigenvalue weighted by Crippen LogP contribution is -2.35. The van der Waals surface area contributed by atoms with E-state index in [-0.39, 0.29) is 12.1 Å². The number of hydrogen-bond donors (Lipinski definition) is 1. The van der Waals surface area contributed by atoms with Crippen LogP contribution >= 0.6 is 0 Å². The normalized spacial score (nSPS) is 21.7. The van der Waals surface area contributed by atoms with E-state index in [4.69, 9.17) is 5.73 Å². The lowest BCUT2D eigenvalue weighted by molar-refractivity contribution is -0.119. The molecule has 2 N–H and O–H groups in total. The first-order valence-electron chi connectivity index (χ1n) is 10.8. The van der Waals surface area contributed by atoms with Gasteiger partial charge in [-0.05, 0) is 55.7 Å². The van der Waals surface area contributed by atoms with E-state index < -0.39 is 0 Å². The Morgan fingerprint density at radius 2 is 2.04 bits per heavy atom. The maximum absolute atomic E-state index is 12.9. The molecule has 0 aromatic heterocycles. The molecule has 2 unspecified atom stereocenters. The average molecular weight is 357 g/mol. The van der Waals surface area contributed by atoms with Crippen LogP contribution in [0.1, 0.15) is 82.8 Å². The summed E-state index contributed by atoms with van der Waals surface area (Å²) < 4.78 is 0. The third-order valence-corrected chi connectivity index (χ3v) is 6.28. The topological polar surface area (TPSA) is 46.3 Å². The minimum absolute atomic E-state index is 0.241. The van der Waals surface area contributed by atoms with Crippen molar-refractivity contribution in [1.82, 2.24) is 0 Å². The SMILES string of the molecule is CCCC(N)Cc1ccc2c(c1)CC(C)N2C(=O)CCC1CCCCC1. The first-order chi connectivity index (χ1) is 12.6. The van der Waals surface area contributed by atoms with Crippen molar-refractivity contribution < 1.29 is 4.79 Å². The summed E-state index contributed by atoms with van der Waals surface area (Å²) >= 11 is 0. The van der Waals surface area contributed by atoms with E-state index in [1.807, 2.05) is 0 Å². The Labute approximate surface area is 159 Å². The highest BCUT2D eigenvalue weighted by Gasteiger charge is 2.31. The van der Waals surface area contributed by atoms with Gasteiger partial charge >= 0.3 is 0 Å². The predicted octanol–water partition coefficient (Wildman–Crippen LogP) is 4.99. The molecule has 3 heteroatoms. The Morgan fingerprint density at radius 3 is 2.77 bits per heavy atom. The van der Waals surface area contributed by atoms with E-state index in [1.165, 1.54) is 43.2 Å². The second-order valence-corrected chi connectivity index (χ2v) is 8.58. The largest absolute Gasteiger partial charge is 0.327 e. The zero-order valence-electron chi connectivity index (χ0n) is 16.7. The van der Waals surface area contributed by atoms with Crippen molar-refractivity contribution in [3.05, 3.63) is 29.3 Å². The van der Waals surface area contributed by atoms with E-state index in [9.17, 15) is 4.79 Å². The number of nitrogens with zero attached hydrogens (tertiary/aromatic N) is 1. The molecule has 3 nitrogen and oxygen atoms in total. The van der Waals surface area contributed by atoms with Gasteiger partial charge in [0, 0.05) is 24.2 Å². The van der Waals surface area contributed by atoms with Crippen LogP contribution in [0.15, 0.2) is 18.2 Å². The first-order valence-corrected chi connectivity index (χ1v) is 10.8. The number of rotatable bonds is 7. The van der Waals surface area contributed by atoms with Gasteiger partial charge < -0.3 is 10.6 Å². The summed E-state index contributed by atoms with van der Waals surface area (Å²) in [5, 5.41) is 0. The smallest absolute Gasteiger partial charge is 0.227 e. The average Bonchev–Trinajstić information content (AvgIpc) is 2.96. The molecule has 0 bridgehead atoms. The summed E-state index contributed by atoms with van der Waals surface area (Å²) in [5.41, 5.74) is 9.99. The van der Waals surface area contributed by atoms with Crippen LogP contribution in [-0.4, -0.2) is 18.0 Å². The summed E-state index contributed by atoms with van der Waals surface area (Å²) in [6, 6.07) is 7.14. The van der Waals surface area contributed by atoms with Crippen LogP contribution in [0.2, 0.25) is 0 Å². The van der Waals surface area contributed by atoms with Gasteiger partial charge in [0.25, 0.3) is 0 Å². The maximum atomic E-state index is 12.9. The van der Waals surface area contributed by atoms with Crippen molar-refractivity contribution in [1.29, 1.82) is 0 Å². The molecule has 1 aliphatic heterocycles. The summed E-state index contributed by atoms with van der Waals surface area (Å²) in [6.07, 6.45) is 12.6. The van der Waals surface area contributed by atoms with Gasteiger partial charge in [-0.25, -0.2) is 0 Å². The lowest BCUT2D eigenvalue weighted by atomic mass is 9.86. The molecule has 1 fully saturated rings. The summed E-state index contributed by atoms with van der Waals surface area (Å²) in [4.78, 5) is 15.0. The van der Waals surface area contributed by atoms with Crippen LogP contribution < -0.4 is 10.6 Å². The highest BCUT2D eigenvalue weighted by atomic mass is 16.2. The number of carbonyl (C=O) groups is 1. The highest BCUT2D eigenvalue weighted by Crippen LogP contribution is 2.35. The molecule has 1 aromatic rings. The molecule has 0 saturated heterocycles. The van der Waals surface area contributed by atoms with Gasteiger partial charge in [0.2, 0.25) is 5.91 Å². The van der Waals surface area contributed by atoms with Crippen molar-refractivity contribution in [3.63, 3.8) is 0 Å². The number of benzene rings is 1. The second kappa shape index (κ2) is 9.03. The van der Waals surface area contributed by atoms with Crippen molar-refractivity contribution in [2.45, 2.75) is 96.6 Å². The molecule has 0 radical (unpaired) electrons. The van der Waals surface area contributed by atoms with E-state index >= 15 is 0 Å². The summed E-state index contributed by atoms with van der Waals surface area (Å²) in [6.45, 7) is 4.36. The molecule has 0 spiro atoms. The third-order valence-electron chi connectivity index (χ3n) is 6.28. The van der Waals surface area contributed by atoms with Gasteiger partial charge in [0.1, 0.15) is 0 Å². The van der Waals surface area contributed by atoms with E-state index in [0.29, 0.717) is 12.3 Å². The Hall–Kier alpha value is -1.35. The van der Waals surface area contributed by atoms with Crippen LogP contribution in [0.4, 0.5) is 5.69 Å². The second-order valence-electron chi connectivity index (χ2n) is 8.58. The van der Waals surface area contributed by atoms with E-state index in [2.05, 4.69) is 36.9 Å². The van der Waals surface area contributed by atoms with Gasteiger partial charge in [-0.3, -0.25) is 4.79 Å². The van der Waals surface area contributed by atoms with Gasteiger partial charge in [0.15, 0.2) is 0 Å². The van der Waals surface area contributed by atoms with Crippen LogP contribution in [0.5, 0.6) is 0 Å². The molecule has 1 heterocycles. The molecular formula is C23H36N2O. The lowest BCUT2D eigenvalue weighted by Gasteiger charge is -2.25. The number of anilines is 1. The maximum Gasteiger partial charge on any atom is 0.227 e. The first kappa shape index (κ1) is 19.4. The van der Waals surface area contributed by atoms with Crippen LogP contribution in [0, 0.1) is 5.92 Å². The summed E-state index contributed by atoms with van der Waals surface area (Å²) in [5.74, 6) is 1.09. The van der Waals surface area contributed by atoms with Crippen molar-refractivity contribution in [2.75, 3.05) is 4.90 Å². The molecule has 2 atom stereocenters. The van der Waals surface area contributed by atoms with Crippen molar-refractivity contribution in [3.8, 4) is 0 Å². The molecule has 1 aromatic carbocycles. The quantitative estimate of drug-likeness (QED) is 0.748. The molecule has 2 aliphatic rings. The number of nitrogens with two attached hydrogens (primary N) is 1. The number of amides is 1. The Morgan fingerprint density at radius 1 is 1.27 bits per heavy atom. The molecule has 1 aliphatic carbocycles. The molecule has 144 valence electrons. The third kappa shape index (κ3) is 4.68. The number of carbonyl (C=O) groups excluding carboxylic acids is 1. The Kier molecular flexibility index (Phi) is 6.74. The molecular weight excluding hydrogens is 320 g/mol. The molecule has 3 rings (SSSR count). The Balaban J connectivity index is 1.62. The van der Waals surface area contributed by atoms with Crippen molar-refractivity contribution >= 4 is 11.6 Å². The van der Waals surface area contributed by atoms with E-state index in [1.54, 1.807) is 0 Å². The molecule has 1 saturated carbocycles. The van der Waals surface area contributed by atoms with Crippen LogP contribution in [-0.2, 0) is 17.6 Å². The highest BCUT2D eigenvalue weighted by molar-refractivity contribution is 5.96. The number of hydrogen-bond acceptors (Lipinski definition) is 2.